The van der Waals surface area contributed by atoms with Crippen LogP contribution >= 0.6 is 35.0 Å². The maximum Gasteiger partial charge on any atom is 0.142 e. The molecule has 1 N–H and O–H groups in total. The van der Waals surface area contributed by atoms with E-state index in [0.29, 0.717) is 22.7 Å². The third kappa shape index (κ3) is 3.22. The van der Waals surface area contributed by atoms with Gasteiger partial charge >= 0.3 is 0 Å². The van der Waals surface area contributed by atoms with Gasteiger partial charge in [0.05, 0.1) is 11.6 Å². The van der Waals surface area contributed by atoms with Crippen molar-refractivity contribution in [3.05, 3.63) is 27.7 Å². The van der Waals surface area contributed by atoms with Crippen LogP contribution in [0.4, 0.5) is 0 Å². The van der Waals surface area contributed by atoms with Gasteiger partial charge in [-0.3, -0.25) is 0 Å². The van der Waals surface area contributed by atoms with Gasteiger partial charge in [0.1, 0.15) is 5.75 Å². The van der Waals surface area contributed by atoms with Crippen molar-refractivity contribution in [1.29, 1.82) is 0 Å². The minimum Gasteiger partial charge on any atom is -0.492 e. The molecule has 0 aliphatic carbocycles. The predicted molar refractivity (Wildman–Crippen MR) is 75.7 cm³/mol. The molecule has 0 spiro atoms. The molecule has 1 heterocycles. The van der Waals surface area contributed by atoms with Crippen LogP contribution in [-0.2, 0) is 0 Å². The quantitative estimate of drug-likeness (QED) is 0.854. The molecule has 0 bridgehead atoms. The Morgan fingerprint density at radius 2 is 2.29 bits per heavy atom. The summed E-state index contributed by atoms with van der Waals surface area (Å²) < 4.78 is 5.61. The molecule has 0 radical (unpaired) electrons. The average molecular weight is 292 g/mol. The summed E-state index contributed by atoms with van der Waals surface area (Å²) in [6.45, 7) is 1.68. The van der Waals surface area contributed by atoms with Gasteiger partial charge in [-0.05, 0) is 18.4 Å². The second-order valence-corrected chi connectivity index (χ2v) is 5.77. The fourth-order valence-electron chi connectivity index (χ4n) is 1.97. The number of ether oxygens (including phenoxy) is 1. The smallest absolute Gasteiger partial charge is 0.142 e. The molecule has 0 aromatic heterocycles. The van der Waals surface area contributed by atoms with E-state index in [9.17, 15) is 0 Å². The minimum absolute atomic E-state index is 0.294. The van der Waals surface area contributed by atoms with Crippen LogP contribution in [-0.4, -0.2) is 25.2 Å². The topological polar surface area (TPSA) is 21.3 Å². The van der Waals surface area contributed by atoms with Crippen molar-refractivity contribution < 1.29 is 4.74 Å². The van der Waals surface area contributed by atoms with Gasteiger partial charge in [0.15, 0.2) is 0 Å². The van der Waals surface area contributed by atoms with Crippen molar-refractivity contribution >= 4 is 35.0 Å². The van der Waals surface area contributed by atoms with Crippen molar-refractivity contribution in [3.63, 3.8) is 0 Å². The van der Waals surface area contributed by atoms with Crippen LogP contribution in [0.5, 0.6) is 5.75 Å². The third-order valence-electron chi connectivity index (χ3n) is 2.76. The van der Waals surface area contributed by atoms with Crippen LogP contribution in [0.15, 0.2) is 12.1 Å². The van der Waals surface area contributed by atoms with Crippen LogP contribution < -0.4 is 10.1 Å². The number of thioether (sulfide) groups is 1. The molecule has 0 fully saturated rings. The van der Waals surface area contributed by atoms with E-state index >= 15 is 0 Å². The summed E-state index contributed by atoms with van der Waals surface area (Å²) in [5.41, 5.74) is 1.08. The summed E-state index contributed by atoms with van der Waals surface area (Å²) >= 11 is 14.0. The van der Waals surface area contributed by atoms with E-state index in [1.165, 1.54) is 0 Å². The lowest BCUT2D eigenvalue weighted by atomic mass is 10.0. The molecule has 5 heteroatoms. The van der Waals surface area contributed by atoms with Crippen molar-refractivity contribution in [2.24, 2.45) is 0 Å². The van der Waals surface area contributed by atoms with Crippen molar-refractivity contribution in [1.82, 2.24) is 5.32 Å². The number of hydrogen-bond donors (Lipinski definition) is 1. The average Bonchev–Trinajstić information content (AvgIpc) is 2.30. The number of benzene rings is 1. The van der Waals surface area contributed by atoms with Crippen LogP contribution in [0.25, 0.3) is 0 Å². The van der Waals surface area contributed by atoms with Crippen molar-refractivity contribution in [2.45, 2.75) is 12.5 Å². The van der Waals surface area contributed by atoms with Crippen LogP contribution in [0.3, 0.4) is 0 Å². The fraction of sp³-hybridized carbons (Fsp3) is 0.500. The van der Waals surface area contributed by atoms with Crippen molar-refractivity contribution in [3.8, 4) is 5.75 Å². The Hall–Kier alpha value is -0.0900. The second kappa shape index (κ2) is 6.19. The SMILES string of the molecule is CSCCNC1CCOc2c(Cl)cc(Cl)cc21. The first-order valence-corrected chi connectivity index (χ1v) is 7.71. The monoisotopic (exact) mass is 291 g/mol. The van der Waals surface area contributed by atoms with E-state index in [1.54, 1.807) is 6.07 Å². The standard InChI is InChI=1S/C12H15Cl2NOS/c1-17-5-3-15-11-2-4-16-12-9(11)6-8(13)7-10(12)14/h6-7,11,15H,2-5H2,1H3. The number of fused-ring (bicyclic) bond motifs is 1. The Balaban J connectivity index is 2.18. The summed E-state index contributed by atoms with van der Waals surface area (Å²) in [6, 6.07) is 3.97. The van der Waals surface area contributed by atoms with Gasteiger partial charge in [0.25, 0.3) is 0 Å². The summed E-state index contributed by atoms with van der Waals surface area (Å²) in [5.74, 6) is 1.88. The predicted octanol–water partition coefficient (Wildman–Crippen LogP) is 3.77. The molecule has 1 atom stereocenters. The zero-order valence-corrected chi connectivity index (χ0v) is 12.0. The summed E-state index contributed by atoms with van der Waals surface area (Å²) in [6.07, 6.45) is 3.06. The molecule has 1 aromatic carbocycles. The first kappa shape index (κ1) is 13.3. The molecule has 17 heavy (non-hydrogen) atoms. The maximum absolute atomic E-state index is 6.13. The lowest BCUT2D eigenvalue weighted by Gasteiger charge is -2.27. The van der Waals surface area contributed by atoms with Gasteiger partial charge in [0.2, 0.25) is 0 Å². The van der Waals surface area contributed by atoms with E-state index < -0.39 is 0 Å². The highest BCUT2D eigenvalue weighted by Gasteiger charge is 2.23. The van der Waals surface area contributed by atoms with Crippen molar-refractivity contribution in [2.75, 3.05) is 25.2 Å². The number of halogens is 2. The van der Waals surface area contributed by atoms with Crippen LogP contribution in [0, 0.1) is 0 Å². The lowest BCUT2D eigenvalue weighted by molar-refractivity contribution is 0.254. The van der Waals surface area contributed by atoms with E-state index in [1.807, 2.05) is 17.8 Å². The van der Waals surface area contributed by atoms with Gasteiger partial charge < -0.3 is 10.1 Å². The molecule has 2 rings (SSSR count). The van der Waals surface area contributed by atoms with Gasteiger partial charge in [0, 0.05) is 35.3 Å². The Morgan fingerprint density at radius 1 is 1.47 bits per heavy atom. The largest absolute Gasteiger partial charge is 0.492 e. The second-order valence-electron chi connectivity index (χ2n) is 3.94. The van der Waals surface area contributed by atoms with Crippen LogP contribution in [0.1, 0.15) is 18.0 Å². The Morgan fingerprint density at radius 3 is 3.06 bits per heavy atom. The van der Waals surface area contributed by atoms with Gasteiger partial charge in [-0.1, -0.05) is 23.2 Å². The number of rotatable bonds is 4. The molecule has 1 aromatic rings. The van der Waals surface area contributed by atoms with E-state index in [4.69, 9.17) is 27.9 Å². The Labute approximate surface area is 116 Å². The number of hydrogen-bond acceptors (Lipinski definition) is 3. The zero-order chi connectivity index (χ0) is 12.3. The fourth-order valence-corrected chi connectivity index (χ4v) is 2.86. The minimum atomic E-state index is 0.294. The lowest BCUT2D eigenvalue weighted by Crippen LogP contribution is -2.28. The highest BCUT2D eigenvalue weighted by atomic mass is 35.5. The molecule has 2 nitrogen and oxygen atoms in total. The third-order valence-corrected chi connectivity index (χ3v) is 3.87. The number of nitrogens with one attached hydrogen (secondary N) is 1. The molecule has 0 saturated heterocycles. The molecule has 0 amide bonds. The summed E-state index contributed by atoms with van der Waals surface area (Å²) in [5, 5.41) is 4.78. The summed E-state index contributed by atoms with van der Waals surface area (Å²) in [4.78, 5) is 0. The first-order chi connectivity index (χ1) is 8.22. The van der Waals surface area contributed by atoms with Crippen LogP contribution in [0.2, 0.25) is 10.0 Å². The van der Waals surface area contributed by atoms with E-state index in [-0.39, 0.29) is 0 Å². The zero-order valence-electron chi connectivity index (χ0n) is 9.63. The van der Waals surface area contributed by atoms with Gasteiger partial charge in [-0.2, -0.15) is 11.8 Å². The van der Waals surface area contributed by atoms with E-state index in [0.717, 1.165) is 30.0 Å². The van der Waals surface area contributed by atoms with Gasteiger partial charge in [-0.15, -0.1) is 0 Å². The Kier molecular flexibility index (Phi) is 4.86. The molecular formula is C12H15Cl2NOS. The molecule has 1 aliphatic rings. The van der Waals surface area contributed by atoms with Gasteiger partial charge in [-0.25, -0.2) is 0 Å². The summed E-state index contributed by atoms with van der Waals surface area (Å²) in [7, 11) is 0. The molecule has 0 saturated carbocycles. The molecular weight excluding hydrogens is 277 g/mol. The van der Waals surface area contributed by atoms with E-state index in [2.05, 4.69) is 11.6 Å². The maximum atomic E-state index is 6.13. The highest BCUT2D eigenvalue weighted by Crippen LogP contribution is 2.39. The molecule has 1 aliphatic heterocycles. The molecule has 94 valence electrons. The highest BCUT2D eigenvalue weighted by molar-refractivity contribution is 7.98. The Bertz CT molecular complexity index is 400. The first-order valence-electron chi connectivity index (χ1n) is 5.56. The molecule has 1 unspecified atom stereocenters. The normalized spacial score (nSPS) is 18.6.